The topological polar surface area (TPSA) is 95.7 Å². The third kappa shape index (κ3) is 3.08. The highest BCUT2D eigenvalue weighted by Gasteiger charge is 2.38. The second-order valence-electron chi connectivity index (χ2n) is 4.98. The van der Waals surface area contributed by atoms with Crippen LogP contribution in [0.25, 0.3) is 6.08 Å². The van der Waals surface area contributed by atoms with Gasteiger partial charge in [-0.05, 0) is 13.0 Å². The average molecular weight is 314 g/mol. The maximum atomic E-state index is 12.1. The SMILES string of the molecule is Cc1nn(C)c(Cl)c1C=CC(=O)N1C[C@@H](O)C[C@H]1C(=O)O. The minimum atomic E-state index is -1.12. The summed E-state index contributed by atoms with van der Waals surface area (Å²) in [4.78, 5) is 24.3. The molecule has 21 heavy (non-hydrogen) atoms. The van der Waals surface area contributed by atoms with Crippen LogP contribution in [0.3, 0.4) is 0 Å². The smallest absolute Gasteiger partial charge is 0.326 e. The van der Waals surface area contributed by atoms with Gasteiger partial charge in [-0.25, -0.2) is 4.79 Å². The number of aliphatic carboxylic acids is 1. The number of nitrogens with zero attached hydrogens (tertiary/aromatic N) is 3. The molecule has 1 amide bonds. The quantitative estimate of drug-likeness (QED) is 0.790. The van der Waals surface area contributed by atoms with E-state index in [2.05, 4.69) is 5.10 Å². The van der Waals surface area contributed by atoms with Crippen molar-refractivity contribution in [2.75, 3.05) is 6.54 Å². The Morgan fingerprint density at radius 1 is 1.48 bits per heavy atom. The van der Waals surface area contributed by atoms with Gasteiger partial charge in [0, 0.05) is 31.7 Å². The molecule has 2 N–H and O–H groups in total. The lowest BCUT2D eigenvalue weighted by molar-refractivity contribution is -0.146. The number of rotatable bonds is 3. The summed E-state index contributed by atoms with van der Waals surface area (Å²) in [6, 6.07) is -0.998. The minimum Gasteiger partial charge on any atom is -0.480 e. The van der Waals surface area contributed by atoms with Crippen LogP contribution >= 0.6 is 11.6 Å². The molecular formula is C13H16ClN3O4. The average Bonchev–Trinajstić information content (AvgIpc) is 2.90. The van der Waals surface area contributed by atoms with Gasteiger partial charge < -0.3 is 15.1 Å². The zero-order chi connectivity index (χ0) is 15.7. The van der Waals surface area contributed by atoms with E-state index in [0.29, 0.717) is 16.4 Å². The van der Waals surface area contributed by atoms with Crippen molar-refractivity contribution in [1.82, 2.24) is 14.7 Å². The van der Waals surface area contributed by atoms with Gasteiger partial charge in [0.2, 0.25) is 5.91 Å². The first-order valence-corrected chi connectivity index (χ1v) is 6.77. The highest BCUT2D eigenvalue weighted by molar-refractivity contribution is 6.31. The van der Waals surface area contributed by atoms with Gasteiger partial charge in [0.15, 0.2) is 0 Å². The van der Waals surface area contributed by atoms with Gasteiger partial charge in [-0.2, -0.15) is 5.10 Å². The van der Waals surface area contributed by atoms with Crippen LogP contribution in [0.5, 0.6) is 0 Å². The van der Waals surface area contributed by atoms with Crippen molar-refractivity contribution in [3.63, 3.8) is 0 Å². The Balaban J connectivity index is 2.17. The number of carboxylic acid groups (broad SMARTS) is 1. The van der Waals surface area contributed by atoms with Crippen LogP contribution in [0, 0.1) is 6.92 Å². The predicted molar refractivity (Wildman–Crippen MR) is 75.7 cm³/mol. The lowest BCUT2D eigenvalue weighted by Gasteiger charge is -2.19. The van der Waals surface area contributed by atoms with Gasteiger partial charge >= 0.3 is 5.97 Å². The molecule has 2 rings (SSSR count). The molecule has 0 bridgehead atoms. The van der Waals surface area contributed by atoms with Crippen molar-refractivity contribution < 1.29 is 19.8 Å². The molecule has 1 aromatic heterocycles. The van der Waals surface area contributed by atoms with Gasteiger partial charge in [-0.3, -0.25) is 9.48 Å². The van der Waals surface area contributed by atoms with Gasteiger partial charge in [0.25, 0.3) is 0 Å². The summed E-state index contributed by atoms with van der Waals surface area (Å²) in [6.07, 6.45) is 1.99. The van der Waals surface area contributed by atoms with Gasteiger partial charge in [0.1, 0.15) is 11.2 Å². The van der Waals surface area contributed by atoms with E-state index in [0.717, 1.165) is 4.90 Å². The van der Waals surface area contributed by atoms with Crippen LogP contribution in [0.15, 0.2) is 6.08 Å². The third-order valence-electron chi connectivity index (χ3n) is 3.44. The Kier molecular flexibility index (Phi) is 4.34. The molecule has 7 nitrogen and oxygen atoms in total. The molecule has 1 saturated heterocycles. The number of β-amino-alcohol motifs (C(OH)–C–C–N with tert-alkyl or cyclic N) is 1. The molecule has 0 saturated carbocycles. The first-order valence-electron chi connectivity index (χ1n) is 6.40. The van der Waals surface area contributed by atoms with Crippen LogP contribution in [-0.4, -0.2) is 55.5 Å². The highest BCUT2D eigenvalue weighted by atomic mass is 35.5. The van der Waals surface area contributed by atoms with E-state index >= 15 is 0 Å². The maximum absolute atomic E-state index is 12.1. The number of hydrogen-bond donors (Lipinski definition) is 2. The van der Waals surface area contributed by atoms with Crippen LogP contribution in [-0.2, 0) is 16.6 Å². The highest BCUT2D eigenvalue weighted by Crippen LogP contribution is 2.22. The second kappa shape index (κ2) is 5.87. The standard InChI is InChI=1S/C13H16ClN3O4/c1-7-9(12(14)16(2)15-7)3-4-11(19)17-6-8(18)5-10(17)13(20)21/h3-4,8,10,18H,5-6H2,1-2H3,(H,20,21)/t8-,10-/m0/s1. The van der Waals surface area contributed by atoms with Crippen LogP contribution < -0.4 is 0 Å². The van der Waals surface area contributed by atoms with E-state index < -0.39 is 24.0 Å². The fourth-order valence-corrected chi connectivity index (χ4v) is 2.62. The van der Waals surface area contributed by atoms with Gasteiger partial charge in [-0.15, -0.1) is 0 Å². The van der Waals surface area contributed by atoms with Crippen LogP contribution in [0.4, 0.5) is 0 Å². The van der Waals surface area contributed by atoms with E-state index in [4.69, 9.17) is 16.7 Å². The predicted octanol–water partition coefficient (Wildman–Crippen LogP) is 0.442. The van der Waals surface area contributed by atoms with E-state index in [1.165, 1.54) is 16.8 Å². The number of aromatic nitrogens is 2. The lowest BCUT2D eigenvalue weighted by Crippen LogP contribution is -2.39. The van der Waals surface area contributed by atoms with Crippen molar-refractivity contribution in [3.05, 3.63) is 22.5 Å². The van der Waals surface area contributed by atoms with Crippen molar-refractivity contribution in [1.29, 1.82) is 0 Å². The Labute approximate surface area is 126 Å². The van der Waals surface area contributed by atoms with Crippen molar-refractivity contribution in [3.8, 4) is 0 Å². The molecule has 0 unspecified atom stereocenters. The fourth-order valence-electron chi connectivity index (χ4n) is 2.38. The summed E-state index contributed by atoms with van der Waals surface area (Å²) in [5.41, 5.74) is 1.28. The molecule has 8 heteroatoms. The fraction of sp³-hybridized carbons (Fsp3) is 0.462. The van der Waals surface area contributed by atoms with Crippen molar-refractivity contribution in [2.45, 2.75) is 25.5 Å². The number of aryl methyl sites for hydroxylation is 2. The normalized spacial score (nSPS) is 22.2. The summed E-state index contributed by atoms with van der Waals surface area (Å²) >= 11 is 6.05. The molecule has 1 aliphatic rings. The molecule has 1 aromatic rings. The number of carboxylic acids is 1. The number of carbonyl (C=O) groups is 2. The Morgan fingerprint density at radius 2 is 2.14 bits per heavy atom. The van der Waals surface area contributed by atoms with E-state index in [9.17, 15) is 14.7 Å². The van der Waals surface area contributed by atoms with E-state index in [1.807, 2.05) is 0 Å². The Bertz CT molecular complexity index is 611. The zero-order valence-corrected chi connectivity index (χ0v) is 12.4. The largest absolute Gasteiger partial charge is 0.480 e. The molecule has 1 fully saturated rings. The second-order valence-corrected chi connectivity index (χ2v) is 5.34. The van der Waals surface area contributed by atoms with Gasteiger partial charge in [-0.1, -0.05) is 11.6 Å². The Hall–Kier alpha value is -1.86. The first-order chi connectivity index (χ1) is 9.81. The molecule has 114 valence electrons. The Morgan fingerprint density at radius 3 is 2.67 bits per heavy atom. The number of likely N-dealkylation sites (tertiary alicyclic amines) is 1. The van der Waals surface area contributed by atoms with Crippen molar-refractivity contribution in [2.24, 2.45) is 7.05 Å². The zero-order valence-electron chi connectivity index (χ0n) is 11.7. The number of amides is 1. The third-order valence-corrected chi connectivity index (χ3v) is 3.88. The molecular weight excluding hydrogens is 298 g/mol. The number of hydrogen-bond acceptors (Lipinski definition) is 4. The molecule has 0 radical (unpaired) electrons. The van der Waals surface area contributed by atoms with Crippen molar-refractivity contribution >= 4 is 29.6 Å². The number of halogens is 1. The number of carbonyl (C=O) groups excluding carboxylic acids is 1. The lowest BCUT2D eigenvalue weighted by atomic mass is 10.2. The molecule has 0 aromatic carbocycles. The summed E-state index contributed by atoms with van der Waals surface area (Å²) in [5.74, 6) is -1.60. The maximum Gasteiger partial charge on any atom is 0.326 e. The van der Waals surface area contributed by atoms with E-state index in [1.54, 1.807) is 14.0 Å². The number of aliphatic hydroxyl groups is 1. The van der Waals surface area contributed by atoms with Crippen LogP contribution in [0.1, 0.15) is 17.7 Å². The number of aliphatic hydroxyl groups excluding tert-OH is 1. The summed E-state index contributed by atoms with van der Waals surface area (Å²) < 4.78 is 1.49. The summed E-state index contributed by atoms with van der Waals surface area (Å²) in [7, 11) is 1.69. The minimum absolute atomic E-state index is 0.0138. The van der Waals surface area contributed by atoms with E-state index in [-0.39, 0.29) is 13.0 Å². The molecule has 2 atom stereocenters. The summed E-state index contributed by atoms with van der Waals surface area (Å²) in [5, 5.41) is 23.1. The monoisotopic (exact) mass is 313 g/mol. The molecule has 1 aliphatic heterocycles. The van der Waals surface area contributed by atoms with Crippen LogP contribution in [0.2, 0.25) is 5.15 Å². The van der Waals surface area contributed by atoms with Gasteiger partial charge in [0.05, 0.1) is 11.8 Å². The molecule has 0 aliphatic carbocycles. The summed E-state index contributed by atoms with van der Waals surface area (Å²) in [6.45, 7) is 1.77. The molecule has 2 heterocycles. The molecule has 0 spiro atoms. The first kappa shape index (κ1) is 15.5.